The van der Waals surface area contributed by atoms with E-state index in [1.54, 1.807) is 44.3 Å². The Morgan fingerprint density at radius 3 is 2.50 bits per heavy atom. The number of carbonyl (C=O) groups excluding carboxylic acids is 1. The third kappa shape index (κ3) is 5.72. The fourth-order valence-electron chi connectivity index (χ4n) is 2.98. The molecule has 1 N–H and O–H groups in total. The van der Waals surface area contributed by atoms with Crippen LogP contribution in [0.4, 0.5) is 0 Å². The fourth-order valence-corrected chi connectivity index (χ4v) is 2.98. The lowest BCUT2D eigenvalue weighted by atomic mass is 10.1. The topological polar surface area (TPSA) is 94.8 Å². The summed E-state index contributed by atoms with van der Waals surface area (Å²) in [4.78, 5) is 36.4. The summed E-state index contributed by atoms with van der Waals surface area (Å²) in [5.74, 6) is -0.993. The molecule has 0 saturated heterocycles. The van der Waals surface area contributed by atoms with Crippen molar-refractivity contribution in [3.05, 3.63) is 99.5 Å². The minimum Gasteiger partial charge on any atom is -0.488 e. The highest BCUT2D eigenvalue weighted by molar-refractivity contribution is 6.08. The number of nitrogens with zero attached hydrogens (tertiary/aromatic N) is 1. The minimum absolute atomic E-state index is 0.0523. The largest absolute Gasteiger partial charge is 0.488 e. The molecule has 1 aromatic heterocycles. The highest BCUT2D eigenvalue weighted by atomic mass is 16.5. The maximum Gasteiger partial charge on any atom is 0.341 e. The molecular weight excluding hydrogens is 410 g/mol. The van der Waals surface area contributed by atoms with Crippen molar-refractivity contribution in [1.82, 2.24) is 4.57 Å². The number of pyridine rings is 1. The number of hydrogen-bond donors (Lipinski definition) is 1. The quantitative estimate of drug-likeness (QED) is 0.409. The van der Waals surface area contributed by atoms with E-state index < -0.39 is 23.9 Å². The van der Waals surface area contributed by atoms with Crippen LogP contribution in [0.5, 0.6) is 11.5 Å². The molecule has 0 aliphatic carbocycles. The summed E-state index contributed by atoms with van der Waals surface area (Å²) in [6, 6.07) is 17.8. The van der Waals surface area contributed by atoms with Crippen LogP contribution < -0.4 is 15.0 Å². The maximum atomic E-state index is 12.9. The molecule has 0 saturated carbocycles. The standard InChI is InChI=1S/C25H23NO6/c1-17-13-22(32-15-19-7-4-3-5-8-19)24(25(30)26(17)2)21(27)12-11-18-9-6-10-20(14-18)31-16-23(28)29/h3-14H,15-16H2,1-2H3,(H,28,29). The Labute approximate surface area is 185 Å². The van der Waals surface area contributed by atoms with Gasteiger partial charge >= 0.3 is 5.97 Å². The van der Waals surface area contributed by atoms with Gasteiger partial charge in [-0.1, -0.05) is 48.5 Å². The lowest BCUT2D eigenvalue weighted by Gasteiger charge is -2.13. The van der Waals surface area contributed by atoms with Crippen LogP contribution in [-0.2, 0) is 18.4 Å². The van der Waals surface area contributed by atoms with E-state index in [0.717, 1.165) is 5.56 Å². The van der Waals surface area contributed by atoms with Gasteiger partial charge in [0.15, 0.2) is 12.4 Å². The number of ether oxygens (including phenoxy) is 2. The molecule has 3 aromatic rings. The van der Waals surface area contributed by atoms with Crippen molar-refractivity contribution in [2.24, 2.45) is 7.05 Å². The molecule has 2 aromatic carbocycles. The molecule has 0 aliphatic heterocycles. The Kier molecular flexibility index (Phi) is 7.23. The molecule has 7 nitrogen and oxygen atoms in total. The Morgan fingerprint density at radius 1 is 1.03 bits per heavy atom. The second-order valence-corrected chi connectivity index (χ2v) is 7.12. The van der Waals surface area contributed by atoms with Crippen LogP contribution in [0.2, 0.25) is 0 Å². The number of carboxylic acids is 1. The van der Waals surface area contributed by atoms with Gasteiger partial charge in [0.05, 0.1) is 0 Å². The summed E-state index contributed by atoms with van der Waals surface area (Å²) in [5.41, 5.74) is 1.71. The van der Waals surface area contributed by atoms with Gasteiger partial charge in [0.1, 0.15) is 23.7 Å². The van der Waals surface area contributed by atoms with E-state index >= 15 is 0 Å². The zero-order valence-electron chi connectivity index (χ0n) is 17.8. The summed E-state index contributed by atoms with van der Waals surface area (Å²) in [5, 5.41) is 8.73. The Bertz CT molecular complexity index is 1210. The molecule has 0 amide bonds. The number of carboxylic acid groups (broad SMARTS) is 1. The first-order chi connectivity index (χ1) is 15.3. The van der Waals surface area contributed by atoms with E-state index in [2.05, 4.69) is 0 Å². The van der Waals surface area contributed by atoms with Crippen molar-refractivity contribution in [3.8, 4) is 11.5 Å². The summed E-state index contributed by atoms with van der Waals surface area (Å²) >= 11 is 0. The lowest BCUT2D eigenvalue weighted by Crippen LogP contribution is -2.26. The Balaban J connectivity index is 1.85. The van der Waals surface area contributed by atoms with Crippen LogP contribution in [-0.4, -0.2) is 28.0 Å². The number of rotatable bonds is 9. The molecule has 1 heterocycles. The average Bonchev–Trinajstić information content (AvgIpc) is 2.79. The predicted octanol–water partition coefficient (Wildman–Crippen LogP) is 3.63. The van der Waals surface area contributed by atoms with Crippen molar-refractivity contribution in [1.29, 1.82) is 0 Å². The third-order valence-electron chi connectivity index (χ3n) is 4.77. The number of ketones is 1. The number of benzene rings is 2. The molecule has 164 valence electrons. The first kappa shape index (κ1) is 22.6. The van der Waals surface area contributed by atoms with Gasteiger partial charge in [-0.05, 0) is 36.3 Å². The number of aromatic nitrogens is 1. The highest BCUT2D eigenvalue weighted by Crippen LogP contribution is 2.20. The molecule has 0 fully saturated rings. The zero-order valence-corrected chi connectivity index (χ0v) is 17.8. The van der Waals surface area contributed by atoms with E-state index in [0.29, 0.717) is 17.0 Å². The number of aryl methyl sites for hydroxylation is 1. The van der Waals surface area contributed by atoms with Crippen molar-refractivity contribution in [3.63, 3.8) is 0 Å². The van der Waals surface area contributed by atoms with Crippen LogP contribution in [0.25, 0.3) is 6.08 Å². The van der Waals surface area contributed by atoms with Crippen molar-refractivity contribution in [2.75, 3.05) is 6.61 Å². The van der Waals surface area contributed by atoms with Gasteiger partial charge in [0.25, 0.3) is 5.56 Å². The molecule has 0 bridgehead atoms. The first-order valence-electron chi connectivity index (χ1n) is 9.89. The van der Waals surface area contributed by atoms with Crippen molar-refractivity contribution >= 4 is 17.8 Å². The number of allylic oxidation sites excluding steroid dienone is 1. The lowest BCUT2D eigenvalue weighted by molar-refractivity contribution is -0.139. The van der Waals surface area contributed by atoms with E-state index in [4.69, 9.17) is 14.6 Å². The van der Waals surface area contributed by atoms with Gasteiger partial charge in [-0.15, -0.1) is 0 Å². The van der Waals surface area contributed by atoms with Crippen LogP contribution in [0.15, 0.2) is 71.5 Å². The van der Waals surface area contributed by atoms with Gasteiger partial charge in [0, 0.05) is 18.8 Å². The summed E-state index contributed by atoms with van der Waals surface area (Å²) in [6.07, 6.45) is 2.83. The molecule has 0 unspecified atom stereocenters. The van der Waals surface area contributed by atoms with E-state index in [1.807, 2.05) is 30.3 Å². The Hall–Kier alpha value is -4.13. The van der Waals surface area contributed by atoms with Crippen molar-refractivity contribution < 1.29 is 24.2 Å². The second kappa shape index (κ2) is 10.3. The van der Waals surface area contributed by atoms with Gasteiger partial charge in [-0.2, -0.15) is 0 Å². The molecule has 0 radical (unpaired) electrons. The van der Waals surface area contributed by atoms with Crippen LogP contribution in [0, 0.1) is 6.92 Å². The summed E-state index contributed by atoms with van der Waals surface area (Å²) < 4.78 is 12.4. The highest BCUT2D eigenvalue weighted by Gasteiger charge is 2.18. The van der Waals surface area contributed by atoms with Crippen molar-refractivity contribution in [2.45, 2.75) is 13.5 Å². The fraction of sp³-hybridized carbons (Fsp3) is 0.160. The first-order valence-corrected chi connectivity index (χ1v) is 9.89. The van der Waals surface area contributed by atoms with E-state index in [-0.39, 0.29) is 17.9 Å². The SMILES string of the molecule is Cc1cc(OCc2ccccc2)c(C(=O)C=Cc2cccc(OCC(=O)O)c2)c(=O)n1C. The molecular formula is C25H23NO6. The minimum atomic E-state index is -1.08. The van der Waals surface area contributed by atoms with E-state index in [9.17, 15) is 14.4 Å². The van der Waals surface area contributed by atoms with Gasteiger partial charge in [-0.25, -0.2) is 4.79 Å². The molecule has 7 heteroatoms. The Morgan fingerprint density at radius 2 is 1.78 bits per heavy atom. The molecule has 32 heavy (non-hydrogen) atoms. The number of carbonyl (C=O) groups is 2. The molecule has 0 spiro atoms. The van der Waals surface area contributed by atoms with Crippen LogP contribution in [0.3, 0.4) is 0 Å². The van der Waals surface area contributed by atoms with Crippen LogP contribution in [0.1, 0.15) is 27.2 Å². The maximum absolute atomic E-state index is 12.9. The monoisotopic (exact) mass is 433 g/mol. The number of hydrogen-bond acceptors (Lipinski definition) is 5. The third-order valence-corrected chi connectivity index (χ3v) is 4.77. The summed E-state index contributed by atoms with van der Waals surface area (Å²) in [6.45, 7) is 1.53. The smallest absolute Gasteiger partial charge is 0.341 e. The second-order valence-electron chi connectivity index (χ2n) is 7.12. The van der Waals surface area contributed by atoms with Crippen LogP contribution >= 0.6 is 0 Å². The van der Waals surface area contributed by atoms with Gasteiger partial charge < -0.3 is 19.1 Å². The predicted molar refractivity (Wildman–Crippen MR) is 120 cm³/mol. The molecule has 0 aliphatic rings. The normalized spacial score (nSPS) is 10.8. The van der Waals surface area contributed by atoms with Gasteiger partial charge in [0.2, 0.25) is 0 Å². The summed E-state index contributed by atoms with van der Waals surface area (Å²) in [7, 11) is 1.60. The van der Waals surface area contributed by atoms with Gasteiger partial charge in [-0.3, -0.25) is 9.59 Å². The zero-order chi connectivity index (χ0) is 23.1. The average molecular weight is 433 g/mol. The molecule has 0 atom stereocenters. The number of aliphatic carboxylic acids is 1. The molecule has 3 rings (SSSR count). The van der Waals surface area contributed by atoms with E-state index in [1.165, 1.54) is 16.7 Å².